The van der Waals surface area contributed by atoms with Crippen molar-refractivity contribution >= 4 is 0 Å². The Kier molecular flexibility index (Phi) is 4.65. The Morgan fingerprint density at radius 3 is 2.10 bits per heavy atom. The molecule has 1 aliphatic heterocycles. The number of ether oxygens (including phenoxy) is 2. The Labute approximate surface area is 125 Å². The smallest absolute Gasteiger partial charge is 0.184 e. The summed E-state index contributed by atoms with van der Waals surface area (Å²) in [6.45, 7) is 0.133. The largest absolute Gasteiger partial charge is 0.396 e. The normalized spacial score (nSPS) is 25.7. The third-order valence-corrected chi connectivity index (χ3v) is 3.78. The molecule has 0 aromatic heterocycles. The van der Waals surface area contributed by atoms with Crippen molar-refractivity contribution in [2.75, 3.05) is 6.61 Å². The van der Waals surface area contributed by atoms with Crippen LogP contribution in [0.25, 0.3) is 0 Å². The summed E-state index contributed by atoms with van der Waals surface area (Å²) in [5.74, 6) is 0. The highest BCUT2D eigenvalue weighted by molar-refractivity contribution is 5.20. The van der Waals surface area contributed by atoms with E-state index >= 15 is 0 Å². The first-order chi connectivity index (χ1) is 10.4. The molecule has 3 atom stereocenters. The van der Waals surface area contributed by atoms with Crippen molar-refractivity contribution < 1.29 is 14.6 Å². The molecule has 0 aliphatic carbocycles. The van der Waals surface area contributed by atoms with Gasteiger partial charge in [-0.05, 0) is 12.0 Å². The molecule has 0 spiro atoms. The summed E-state index contributed by atoms with van der Waals surface area (Å²) in [4.78, 5) is 0. The number of aliphatic hydroxyl groups is 1. The van der Waals surface area contributed by atoms with Gasteiger partial charge in [0.05, 0.1) is 12.2 Å². The molecule has 3 rings (SSSR count). The van der Waals surface area contributed by atoms with Gasteiger partial charge in [0, 0.05) is 18.6 Å². The van der Waals surface area contributed by atoms with Crippen LogP contribution in [0.4, 0.5) is 0 Å². The zero-order valence-electron chi connectivity index (χ0n) is 11.9. The van der Waals surface area contributed by atoms with E-state index < -0.39 is 0 Å². The summed E-state index contributed by atoms with van der Waals surface area (Å²) in [5, 5.41) is 9.21. The van der Waals surface area contributed by atoms with Crippen LogP contribution in [0, 0.1) is 0 Å². The highest BCUT2D eigenvalue weighted by Crippen LogP contribution is 2.38. The molecule has 0 saturated carbocycles. The maximum atomic E-state index is 9.21. The van der Waals surface area contributed by atoms with Crippen molar-refractivity contribution in [3.63, 3.8) is 0 Å². The molecule has 3 heteroatoms. The molecule has 2 aromatic carbocycles. The molecule has 110 valence electrons. The van der Waals surface area contributed by atoms with E-state index in [4.69, 9.17) is 9.47 Å². The summed E-state index contributed by atoms with van der Waals surface area (Å²) in [5.41, 5.74) is 2.17. The fourth-order valence-electron chi connectivity index (χ4n) is 2.69. The molecule has 1 aliphatic rings. The molecule has 1 fully saturated rings. The first-order valence-electron chi connectivity index (χ1n) is 7.38. The maximum Gasteiger partial charge on any atom is 0.184 e. The minimum absolute atomic E-state index is 0.00158. The van der Waals surface area contributed by atoms with Crippen molar-refractivity contribution in [3.05, 3.63) is 71.8 Å². The predicted octanol–water partition coefficient (Wildman–Crippen LogP) is 3.61. The van der Waals surface area contributed by atoms with Gasteiger partial charge in [0.2, 0.25) is 0 Å². The molecule has 1 unspecified atom stereocenters. The predicted molar refractivity (Wildman–Crippen MR) is 80.6 cm³/mol. The minimum Gasteiger partial charge on any atom is -0.396 e. The Hall–Kier alpha value is -1.68. The standard InChI is InChI=1S/C18H20O3/c19-12-11-16-13-17(14-7-3-1-4-8-14)21-18(20-16)15-9-5-2-6-10-15/h1-10,16-19H,11-13H2/t16-,17-,18?/m0/s1. The summed E-state index contributed by atoms with van der Waals surface area (Å²) in [6, 6.07) is 20.2. The quantitative estimate of drug-likeness (QED) is 0.932. The molecule has 2 aromatic rings. The van der Waals surface area contributed by atoms with Crippen LogP contribution in [0.15, 0.2) is 60.7 Å². The Morgan fingerprint density at radius 1 is 0.857 bits per heavy atom. The van der Waals surface area contributed by atoms with Gasteiger partial charge in [0.25, 0.3) is 0 Å². The summed E-state index contributed by atoms with van der Waals surface area (Å²) in [7, 11) is 0. The van der Waals surface area contributed by atoms with Crippen LogP contribution in [0.5, 0.6) is 0 Å². The van der Waals surface area contributed by atoms with Gasteiger partial charge in [-0.3, -0.25) is 0 Å². The topological polar surface area (TPSA) is 38.7 Å². The van der Waals surface area contributed by atoms with Crippen molar-refractivity contribution in [1.29, 1.82) is 0 Å². The monoisotopic (exact) mass is 284 g/mol. The Morgan fingerprint density at radius 2 is 1.48 bits per heavy atom. The van der Waals surface area contributed by atoms with E-state index in [0.29, 0.717) is 6.42 Å². The molecule has 3 nitrogen and oxygen atoms in total. The van der Waals surface area contributed by atoms with Gasteiger partial charge in [-0.25, -0.2) is 0 Å². The van der Waals surface area contributed by atoms with Crippen LogP contribution >= 0.6 is 0 Å². The van der Waals surface area contributed by atoms with Gasteiger partial charge in [0.1, 0.15) is 0 Å². The number of hydrogen-bond acceptors (Lipinski definition) is 3. The first-order valence-corrected chi connectivity index (χ1v) is 7.38. The minimum atomic E-state index is -0.373. The van der Waals surface area contributed by atoms with E-state index in [1.807, 2.05) is 48.5 Å². The van der Waals surface area contributed by atoms with Gasteiger partial charge in [0.15, 0.2) is 6.29 Å². The highest BCUT2D eigenvalue weighted by Gasteiger charge is 2.31. The molecular weight excluding hydrogens is 264 g/mol. The van der Waals surface area contributed by atoms with Crippen LogP contribution < -0.4 is 0 Å². The number of hydrogen-bond donors (Lipinski definition) is 1. The molecule has 0 bridgehead atoms. The summed E-state index contributed by atoms with van der Waals surface area (Å²) in [6.07, 6.45) is 1.05. The molecule has 0 radical (unpaired) electrons. The Bertz CT molecular complexity index is 493. The van der Waals surface area contributed by atoms with Crippen LogP contribution in [0.3, 0.4) is 0 Å². The van der Waals surface area contributed by atoms with Gasteiger partial charge < -0.3 is 14.6 Å². The van der Waals surface area contributed by atoms with Crippen LogP contribution in [-0.2, 0) is 9.47 Å². The zero-order chi connectivity index (χ0) is 14.5. The summed E-state index contributed by atoms with van der Waals surface area (Å²) < 4.78 is 12.1. The average molecular weight is 284 g/mol. The third-order valence-electron chi connectivity index (χ3n) is 3.78. The van der Waals surface area contributed by atoms with E-state index in [0.717, 1.165) is 17.5 Å². The lowest BCUT2D eigenvalue weighted by atomic mass is 10.00. The van der Waals surface area contributed by atoms with Crippen molar-refractivity contribution in [2.45, 2.75) is 31.3 Å². The lowest BCUT2D eigenvalue weighted by Crippen LogP contribution is -2.30. The van der Waals surface area contributed by atoms with Gasteiger partial charge in [-0.15, -0.1) is 0 Å². The van der Waals surface area contributed by atoms with E-state index in [1.165, 1.54) is 0 Å². The third kappa shape index (κ3) is 3.50. The maximum absolute atomic E-state index is 9.21. The average Bonchev–Trinajstić information content (AvgIpc) is 2.56. The van der Waals surface area contributed by atoms with Gasteiger partial charge in [-0.1, -0.05) is 60.7 Å². The second-order valence-electron chi connectivity index (χ2n) is 5.28. The first kappa shape index (κ1) is 14.3. The fourth-order valence-corrected chi connectivity index (χ4v) is 2.69. The highest BCUT2D eigenvalue weighted by atomic mass is 16.7. The van der Waals surface area contributed by atoms with Crippen molar-refractivity contribution in [1.82, 2.24) is 0 Å². The van der Waals surface area contributed by atoms with E-state index in [1.54, 1.807) is 0 Å². The van der Waals surface area contributed by atoms with E-state index in [2.05, 4.69) is 12.1 Å². The second kappa shape index (κ2) is 6.85. The molecule has 1 heterocycles. The van der Waals surface area contributed by atoms with E-state index in [-0.39, 0.29) is 25.1 Å². The molecule has 0 amide bonds. The van der Waals surface area contributed by atoms with Crippen LogP contribution in [-0.4, -0.2) is 17.8 Å². The molecular formula is C18H20O3. The van der Waals surface area contributed by atoms with Crippen molar-refractivity contribution in [3.8, 4) is 0 Å². The fraction of sp³-hybridized carbons (Fsp3) is 0.333. The Balaban J connectivity index is 1.82. The number of rotatable bonds is 4. The lowest BCUT2D eigenvalue weighted by molar-refractivity contribution is -0.252. The van der Waals surface area contributed by atoms with Gasteiger partial charge >= 0.3 is 0 Å². The van der Waals surface area contributed by atoms with E-state index in [9.17, 15) is 5.11 Å². The summed E-state index contributed by atoms with van der Waals surface area (Å²) >= 11 is 0. The van der Waals surface area contributed by atoms with Crippen LogP contribution in [0.1, 0.15) is 36.4 Å². The zero-order valence-corrected chi connectivity index (χ0v) is 11.9. The lowest BCUT2D eigenvalue weighted by Gasteiger charge is -2.36. The molecule has 1 N–H and O–H groups in total. The SMILES string of the molecule is OCC[C@H]1C[C@@H](c2ccccc2)OC(c2ccccc2)O1. The van der Waals surface area contributed by atoms with Gasteiger partial charge in [-0.2, -0.15) is 0 Å². The molecule has 1 saturated heterocycles. The number of aliphatic hydroxyl groups excluding tert-OH is 1. The molecule has 21 heavy (non-hydrogen) atoms. The van der Waals surface area contributed by atoms with Crippen molar-refractivity contribution in [2.24, 2.45) is 0 Å². The van der Waals surface area contributed by atoms with Crippen LogP contribution in [0.2, 0.25) is 0 Å². The second-order valence-corrected chi connectivity index (χ2v) is 5.28. The number of benzene rings is 2.